The molecule has 0 aromatic rings. The van der Waals surface area contributed by atoms with E-state index in [1.807, 2.05) is 27.7 Å². The van der Waals surface area contributed by atoms with Gasteiger partial charge in [-0.25, -0.2) is 4.99 Å². The summed E-state index contributed by atoms with van der Waals surface area (Å²) in [5, 5.41) is 8.93. The molecule has 3 heteroatoms. The summed E-state index contributed by atoms with van der Waals surface area (Å²) in [6, 6.07) is 0. The van der Waals surface area contributed by atoms with Crippen LogP contribution < -0.4 is 0 Å². The van der Waals surface area contributed by atoms with Gasteiger partial charge in [-0.3, -0.25) is 0 Å². The predicted octanol–water partition coefficient (Wildman–Crippen LogP) is 1.49. The van der Waals surface area contributed by atoms with Gasteiger partial charge in [-0.1, -0.05) is 0 Å². The first-order valence-corrected chi connectivity index (χ1v) is 3.33. The molecule has 3 nitrogen and oxygen atoms in total. The number of aliphatic hydroxyl groups excluding tert-OH is 1. The van der Waals surface area contributed by atoms with Gasteiger partial charge in [-0.05, 0) is 27.7 Å². The number of aliphatic imine (C=N–C) groups is 1. The van der Waals surface area contributed by atoms with Crippen molar-refractivity contribution in [2.24, 2.45) is 4.99 Å². The molecule has 0 atom stereocenters. The molecule has 0 radical (unpaired) electrons. The van der Waals surface area contributed by atoms with Crippen LogP contribution >= 0.6 is 0 Å². The molecule has 0 aromatic carbocycles. The first-order chi connectivity index (χ1) is 4.35. The molecule has 1 rings (SSSR count). The first kappa shape index (κ1) is 7.38. The maximum absolute atomic E-state index is 8.93. The summed E-state index contributed by atoms with van der Waals surface area (Å²) in [5.41, 5.74) is -0.714. The summed E-state index contributed by atoms with van der Waals surface area (Å²) in [6.45, 7) is 7.66. The van der Waals surface area contributed by atoms with Crippen molar-refractivity contribution in [3.8, 4) is 0 Å². The van der Waals surface area contributed by atoms with Crippen LogP contribution in [0.25, 0.3) is 0 Å². The molecular formula is C7H13NO2. The van der Waals surface area contributed by atoms with Gasteiger partial charge in [0.1, 0.15) is 11.1 Å². The number of hydrogen-bond acceptors (Lipinski definition) is 2. The standard InChI is InChI=1S/C7H13NO2/c1-6(2)7(3,4)10-5(9)8-6/h1-4H3,(H,8,9). The van der Waals surface area contributed by atoms with Gasteiger partial charge < -0.3 is 9.84 Å². The Morgan fingerprint density at radius 2 is 1.80 bits per heavy atom. The Balaban J connectivity index is 2.92. The Labute approximate surface area is 60.7 Å². The summed E-state index contributed by atoms with van der Waals surface area (Å²) in [4.78, 5) is 3.92. The molecule has 1 aliphatic heterocycles. The summed E-state index contributed by atoms with van der Waals surface area (Å²) in [6.07, 6.45) is -0.199. The average Bonchev–Trinajstić information content (AvgIpc) is 1.73. The molecule has 0 saturated carbocycles. The van der Waals surface area contributed by atoms with E-state index in [-0.39, 0.29) is 11.6 Å². The van der Waals surface area contributed by atoms with Crippen molar-refractivity contribution in [2.75, 3.05) is 0 Å². The lowest BCUT2D eigenvalue weighted by Crippen LogP contribution is -2.41. The van der Waals surface area contributed by atoms with Crippen molar-refractivity contribution in [3.05, 3.63) is 0 Å². The van der Waals surface area contributed by atoms with Gasteiger partial charge in [0.2, 0.25) is 0 Å². The fraction of sp³-hybridized carbons (Fsp3) is 0.857. The van der Waals surface area contributed by atoms with Gasteiger partial charge in [-0.15, -0.1) is 0 Å². The van der Waals surface area contributed by atoms with Crippen molar-refractivity contribution in [2.45, 2.75) is 38.8 Å². The predicted molar refractivity (Wildman–Crippen MR) is 39.3 cm³/mol. The van der Waals surface area contributed by atoms with Crippen LogP contribution in [0.3, 0.4) is 0 Å². The van der Waals surface area contributed by atoms with Crippen LogP contribution in [-0.2, 0) is 4.74 Å². The molecular weight excluding hydrogens is 130 g/mol. The zero-order chi connectivity index (χ0) is 7.99. The molecule has 0 aromatic heterocycles. The molecule has 0 unspecified atom stereocenters. The van der Waals surface area contributed by atoms with Crippen molar-refractivity contribution in [1.82, 2.24) is 0 Å². The third kappa shape index (κ3) is 0.856. The number of ether oxygens (including phenoxy) is 1. The van der Waals surface area contributed by atoms with E-state index in [1.165, 1.54) is 0 Å². The Bertz CT molecular complexity index is 182. The average molecular weight is 143 g/mol. The molecule has 0 spiro atoms. The van der Waals surface area contributed by atoms with E-state index < -0.39 is 5.60 Å². The topological polar surface area (TPSA) is 41.8 Å². The normalized spacial score (nSPS) is 27.4. The number of nitrogens with zero attached hydrogens (tertiary/aromatic N) is 1. The van der Waals surface area contributed by atoms with Crippen molar-refractivity contribution in [3.63, 3.8) is 0 Å². The largest absolute Gasteiger partial charge is 0.466 e. The van der Waals surface area contributed by atoms with Crippen LogP contribution in [0.1, 0.15) is 27.7 Å². The zero-order valence-electron chi connectivity index (χ0n) is 6.80. The second kappa shape index (κ2) is 1.65. The Hall–Kier alpha value is -0.730. The van der Waals surface area contributed by atoms with Crippen LogP contribution in [-0.4, -0.2) is 22.3 Å². The number of rotatable bonds is 0. The fourth-order valence-electron chi connectivity index (χ4n) is 0.750. The van der Waals surface area contributed by atoms with E-state index in [9.17, 15) is 0 Å². The van der Waals surface area contributed by atoms with Crippen LogP contribution in [0.15, 0.2) is 4.99 Å². The van der Waals surface area contributed by atoms with Crippen molar-refractivity contribution in [1.29, 1.82) is 0 Å². The Morgan fingerprint density at radius 3 is 1.90 bits per heavy atom. The van der Waals surface area contributed by atoms with E-state index in [0.717, 1.165) is 0 Å². The minimum Gasteiger partial charge on any atom is -0.466 e. The number of aliphatic hydroxyl groups is 1. The maximum Gasteiger partial charge on any atom is 0.382 e. The smallest absolute Gasteiger partial charge is 0.382 e. The molecule has 58 valence electrons. The second-order valence-electron chi connectivity index (χ2n) is 3.57. The molecule has 0 amide bonds. The van der Waals surface area contributed by atoms with Gasteiger partial charge in [0.25, 0.3) is 0 Å². The summed E-state index contributed by atoms with van der Waals surface area (Å²) >= 11 is 0. The highest BCUT2D eigenvalue weighted by Crippen LogP contribution is 2.33. The summed E-state index contributed by atoms with van der Waals surface area (Å²) in [5.74, 6) is 0. The molecule has 10 heavy (non-hydrogen) atoms. The SMILES string of the molecule is CC1(C)N=C(O)OC1(C)C. The van der Waals surface area contributed by atoms with Crippen molar-refractivity contribution < 1.29 is 9.84 Å². The Morgan fingerprint density at radius 1 is 1.30 bits per heavy atom. The fourth-order valence-corrected chi connectivity index (χ4v) is 0.750. The lowest BCUT2D eigenvalue weighted by Gasteiger charge is -2.29. The third-order valence-electron chi connectivity index (χ3n) is 2.19. The lowest BCUT2D eigenvalue weighted by atomic mass is 9.87. The van der Waals surface area contributed by atoms with Gasteiger partial charge in [-0.2, -0.15) is 0 Å². The quantitative estimate of drug-likeness (QED) is 0.558. The molecule has 0 aliphatic carbocycles. The van der Waals surface area contributed by atoms with Gasteiger partial charge in [0.15, 0.2) is 0 Å². The minimum absolute atomic E-state index is 0.199. The van der Waals surface area contributed by atoms with E-state index in [2.05, 4.69) is 4.99 Å². The van der Waals surface area contributed by atoms with Crippen LogP contribution in [0.2, 0.25) is 0 Å². The Kier molecular flexibility index (Phi) is 1.22. The second-order valence-corrected chi connectivity index (χ2v) is 3.57. The molecule has 1 N–H and O–H groups in total. The lowest BCUT2D eigenvalue weighted by molar-refractivity contribution is 0.0430. The zero-order valence-corrected chi connectivity index (χ0v) is 6.80. The van der Waals surface area contributed by atoms with E-state index in [4.69, 9.17) is 9.84 Å². The molecule has 1 heterocycles. The van der Waals surface area contributed by atoms with Gasteiger partial charge in [0, 0.05) is 0 Å². The van der Waals surface area contributed by atoms with E-state index >= 15 is 0 Å². The van der Waals surface area contributed by atoms with E-state index in [1.54, 1.807) is 0 Å². The molecule has 0 fully saturated rings. The number of hydrogen-bond donors (Lipinski definition) is 1. The third-order valence-corrected chi connectivity index (χ3v) is 2.19. The summed E-state index contributed by atoms with van der Waals surface area (Å²) in [7, 11) is 0. The first-order valence-electron chi connectivity index (χ1n) is 3.33. The minimum atomic E-state index is -0.392. The molecule has 1 aliphatic rings. The highest BCUT2D eigenvalue weighted by molar-refractivity contribution is 5.68. The molecule has 0 saturated heterocycles. The van der Waals surface area contributed by atoms with Crippen LogP contribution in [0.4, 0.5) is 0 Å². The van der Waals surface area contributed by atoms with Crippen LogP contribution in [0, 0.1) is 0 Å². The van der Waals surface area contributed by atoms with Gasteiger partial charge in [0.05, 0.1) is 0 Å². The monoisotopic (exact) mass is 143 g/mol. The van der Waals surface area contributed by atoms with Gasteiger partial charge >= 0.3 is 6.08 Å². The summed E-state index contributed by atoms with van der Waals surface area (Å²) < 4.78 is 5.07. The highest BCUT2D eigenvalue weighted by Gasteiger charge is 2.45. The highest BCUT2D eigenvalue weighted by atomic mass is 16.6. The maximum atomic E-state index is 8.93. The van der Waals surface area contributed by atoms with Crippen molar-refractivity contribution >= 4 is 6.08 Å². The van der Waals surface area contributed by atoms with E-state index in [0.29, 0.717) is 0 Å². The van der Waals surface area contributed by atoms with Crippen LogP contribution in [0.5, 0.6) is 0 Å². The molecule has 0 bridgehead atoms.